The lowest BCUT2D eigenvalue weighted by Gasteiger charge is -2.25. The van der Waals surface area contributed by atoms with Gasteiger partial charge in [-0.3, -0.25) is 4.79 Å². The quantitative estimate of drug-likeness (QED) is 0.590. The number of nitriles is 1. The molecule has 136 valence electrons. The zero-order chi connectivity index (χ0) is 19.4. The van der Waals surface area contributed by atoms with E-state index in [9.17, 15) is 14.9 Å². The molecule has 1 atom stereocenters. The van der Waals surface area contributed by atoms with E-state index >= 15 is 0 Å². The smallest absolute Gasteiger partial charge is 0.341 e. The normalized spacial score (nSPS) is 16.1. The van der Waals surface area contributed by atoms with Crippen LogP contribution in [-0.4, -0.2) is 29.1 Å². The van der Waals surface area contributed by atoms with E-state index in [0.29, 0.717) is 17.0 Å². The monoisotopic (exact) mass is 381 g/mol. The Bertz CT molecular complexity index is 981. The standard InChI is InChI=1S/C19H15N3O4S/c20-9-15-17(21-19(27)22-18(15)25)13-5-1-3-11(7-13)12-4-2-6-14(8-12)26-10-16(23)24/h1-8,19,21,27H,10H2,(H,22,25)(H,23,24). The zero-order valence-corrected chi connectivity index (χ0v) is 14.9. The number of aliphatic carboxylic acids is 1. The third kappa shape index (κ3) is 4.22. The van der Waals surface area contributed by atoms with E-state index in [2.05, 4.69) is 23.3 Å². The van der Waals surface area contributed by atoms with Gasteiger partial charge in [0.05, 0.1) is 5.70 Å². The van der Waals surface area contributed by atoms with Gasteiger partial charge in [0, 0.05) is 0 Å². The molecule has 0 aromatic heterocycles. The molecular weight excluding hydrogens is 366 g/mol. The van der Waals surface area contributed by atoms with Crippen molar-refractivity contribution in [2.24, 2.45) is 0 Å². The second-order valence-electron chi connectivity index (χ2n) is 5.67. The maximum absolute atomic E-state index is 12.0. The van der Waals surface area contributed by atoms with Gasteiger partial charge in [-0.25, -0.2) is 4.79 Å². The fourth-order valence-electron chi connectivity index (χ4n) is 2.65. The Hall–Kier alpha value is -3.44. The predicted molar refractivity (Wildman–Crippen MR) is 102 cm³/mol. The first-order valence-corrected chi connectivity index (χ1v) is 8.45. The van der Waals surface area contributed by atoms with Crippen LogP contribution in [0, 0.1) is 11.3 Å². The van der Waals surface area contributed by atoms with Gasteiger partial charge in [-0.05, 0) is 34.9 Å². The minimum Gasteiger partial charge on any atom is -0.482 e. The zero-order valence-electron chi connectivity index (χ0n) is 14.0. The molecule has 1 amide bonds. The van der Waals surface area contributed by atoms with Crippen LogP contribution in [0.25, 0.3) is 16.8 Å². The van der Waals surface area contributed by atoms with Crippen LogP contribution in [0.3, 0.4) is 0 Å². The van der Waals surface area contributed by atoms with Crippen molar-refractivity contribution in [1.29, 1.82) is 5.26 Å². The third-order valence-electron chi connectivity index (χ3n) is 3.82. The summed E-state index contributed by atoms with van der Waals surface area (Å²) >= 11 is 4.21. The topological polar surface area (TPSA) is 111 Å². The highest BCUT2D eigenvalue weighted by Gasteiger charge is 2.25. The Balaban J connectivity index is 1.97. The molecule has 2 aromatic carbocycles. The van der Waals surface area contributed by atoms with Gasteiger partial charge in [0.1, 0.15) is 22.9 Å². The Labute approximate surface area is 160 Å². The number of hydrogen-bond donors (Lipinski definition) is 4. The summed E-state index contributed by atoms with van der Waals surface area (Å²) < 4.78 is 5.21. The van der Waals surface area contributed by atoms with Crippen molar-refractivity contribution in [3.63, 3.8) is 0 Å². The molecule has 2 aromatic rings. The molecule has 3 rings (SSSR count). The van der Waals surface area contributed by atoms with Crippen molar-refractivity contribution in [3.8, 4) is 22.9 Å². The number of rotatable bonds is 5. The van der Waals surface area contributed by atoms with Crippen molar-refractivity contribution in [1.82, 2.24) is 10.6 Å². The Morgan fingerprint density at radius 3 is 2.52 bits per heavy atom. The van der Waals surface area contributed by atoms with Crippen LogP contribution >= 0.6 is 12.6 Å². The lowest BCUT2D eigenvalue weighted by atomic mass is 9.99. The summed E-state index contributed by atoms with van der Waals surface area (Å²) in [6.07, 6.45) is 0. The number of benzene rings is 2. The van der Waals surface area contributed by atoms with Gasteiger partial charge in [0.25, 0.3) is 5.91 Å². The van der Waals surface area contributed by atoms with E-state index in [4.69, 9.17) is 9.84 Å². The third-order valence-corrected chi connectivity index (χ3v) is 4.08. The van der Waals surface area contributed by atoms with E-state index < -0.39 is 24.0 Å². The molecule has 3 N–H and O–H groups in total. The Kier molecular flexibility index (Phi) is 5.33. The van der Waals surface area contributed by atoms with Gasteiger partial charge in [-0.1, -0.05) is 30.3 Å². The number of carbonyl (C=O) groups excluding carboxylic acids is 1. The number of hydrogen-bond acceptors (Lipinski definition) is 6. The number of amides is 1. The van der Waals surface area contributed by atoms with Gasteiger partial charge < -0.3 is 20.5 Å². The second kappa shape index (κ2) is 7.85. The molecule has 8 heteroatoms. The van der Waals surface area contributed by atoms with Gasteiger partial charge in [0.2, 0.25) is 0 Å². The van der Waals surface area contributed by atoms with Crippen LogP contribution in [-0.2, 0) is 9.59 Å². The summed E-state index contributed by atoms with van der Waals surface area (Å²) in [5, 5.41) is 23.6. The molecule has 0 fully saturated rings. The Morgan fingerprint density at radius 2 is 1.81 bits per heavy atom. The van der Waals surface area contributed by atoms with Crippen molar-refractivity contribution in [2.45, 2.75) is 5.50 Å². The highest BCUT2D eigenvalue weighted by atomic mass is 32.1. The molecule has 0 spiro atoms. The molecule has 1 aliphatic heterocycles. The molecular formula is C19H15N3O4S. The van der Waals surface area contributed by atoms with E-state index in [-0.39, 0.29) is 5.57 Å². The summed E-state index contributed by atoms with van der Waals surface area (Å²) in [4.78, 5) is 22.7. The molecule has 0 radical (unpaired) electrons. The van der Waals surface area contributed by atoms with Crippen LogP contribution in [0.2, 0.25) is 0 Å². The Morgan fingerprint density at radius 1 is 1.15 bits per heavy atom. The lowest BCUT2D eigenvalue weighted by Crippen LogP contribution is -2.46. The molecule has 27 heavy (non-hydrogen) atoms. The molecule has 7 nitrogen and oxygen atoms in total. The fourth-order valence-corrected chi connectivity index (χ4v) is 2.90. The van der Waals surface area contributed by atoms with E-state index in [1.54, 1.807) is 30.3 Å². The highest BCUT2D eigenvalue weighted by Crippen LogP contribution is 2.28. The van der Waals surface area contributed by atoms with Crippen LogP contribution in [0.5, 0.6) is 5.75 Å². The van der Waals surface area contributed by atoms with Gasteiger partial charge in [-0.15, -0.1) is 12.6 Å². The number of carboxylic acid groups (broad SMARTS) is 1. The maximum Gasteiger partial charge on any atom is 0.341 e. The fraction of sp³-hybridized carbons (Fsp3) is 0.105. The maximum atomic E-state index is 12.0. The summed E-state index contributed by atoms with van der Waals surface area (Å²) in [5.41, 5.74) is 2.08. The summed E-state index contributed by atoms with van der Waals surface area (Å²) in [5.74, 6) is -1.11. The van der Waals surface area contributed by atoms with Crippen LogP contribution in [0.15, 0.2) is 54.1 Å². The highest BCUT2D eigenvalue weighted by molar-refractivity contribution is 7.80. The minimum atomic E-state index is -1.05. The SMILES string of the molecule is N#CC1=C(c2cccc(-c3cccc(OCC(=O)O)c3)c2)NC(S)NC1=O. The van der Waals surface area contributed by atoms with Crippen molar-refractivity contribution in [2.75, 3.05) is 6.61 Å². The van der Waals surface area contributed by atoms with Gasteiger partial charge >= 0.3 is 5.97 Å². The van der Waals surface area contributed by atoms with Crippen molar-refractivity contribution in [3.05, 3.63) is 59.7 Å². The van der Waals surface area contributed by atoms with E-state index in [1.807, 2.05) is 24.3 Å². The molecule has 0 saturated carbocycles. The number of nitrogens with zero attached hydrogens (tertiary/aromatic N) is 1. The first-order chi connectivity index (χ1) is 13.0. The summed E-state index contributed by atoms with van der Waals surface area (Å²) in [7, 11) is 0. The molecule has 1 heterocycles. The lowest BCUT2D eigenvalue weighted by molar-refractivity contribution is -0.139. The first-order valence-electron chi connectivity index (χ1n) is 7.93. The predicted octanol–water partition coefficient (Wildman–Crippen LogP) is 1.98. The van der Waals surface area contributed by atoms with E-state index in [0.717, 1.165) is 11.1 Å². The average molecular weight is 381 g/mol. The van der Waals surface area contributed by atoms with Crippen molar-refractivity contribution < 1.29 is 19.4 Å². The molecule has 0 saturated heterocycles. The molecule has 0 bridgehead atoms. The number of carbonyl (C=O) groups is 2. The number of nitrogens with one attached hydrogen (secondary N) is 2. The van der Waals surface area contributed by atoms with Crippen LogP contribution in [0.4, 0.5) is 0 Å². The average Bonchev–Trinajstić information content (AvgIpc) is 2.66. The van der Waals surface area contributed by atoms with Crippen molar-refractivity contribution >= 4 is 30.2 Å². The number of thiol groups is 1. The van der Waals surface area contributed by atoms with Gasteiger partial charge in [0.15, 0.2) is 6.61 Å². The first kappa shape index (κ1) is 18.4. The minimum absolute atomic E-state index is 0.0176. The molecule has 0 aliphatic carbocycles. The van der Waals surface area contributed by atoms with Crippen LogP contribution in [0.1, 0.15) is 5.56 Å². The molecule has 1 aliphatic rings. The van der Waals surface area contributed by atoms with E-state index in [1.165, 1.54) is 0 Å². The largest absolute Gasteiger partial charge is 0.482 e. The van der Waals surface area contributed by atoms with Gasteiger partial charge in [-0.2, -0.15) is 5.26 Å². The summed E-state index contributed by atoms with van der Waals surface area (Å²) in [6, 6.07) is 16.2. The summed E-state index contributed by atoms with van der Waals surface area (Å²) in [6.45, 7) is -0.426. The molecule has 1 unspecified atom stereocenters. The number of ether oxygens (including phenoxy) is 1. The second-order valence-corrected chi connectivity index (χ2v) is 6.19. The van der Waals surface area contributed by atoms with Crippen LogP contribution < -0.4 is 15.4 Å². The number of carboxylic acids is 1.